The third kappa shape index (κ3) is 3.62. The van der Waals surface area contributed by atoms with Crippen molar-refractivity contribution in [1.29, 1.82) is 0 Å². The molecular weight excluding hydrogens is 424 g/mol. The molecule has 0 unspecified atom stereocenters. The molecule has 3 aromatic heterocycles. The normalized spacial score (nSPS) is 18.3. The summed E-state index contributed by atoms with van der Waals surface area (Å²) in [4.78, 5) is 36.0. The Kier molecular flexibility index (Phi) is 4.13. The maximum absolute atomic E-state index is 12.7. The number of carbonyl (C=O) groups excluding carboxylic acids is 2. The van der Waals surface area contributed by atoms with E-state index < -0.39 is 12.9 Å². The molecule has 1 aliphatic carbocycles. The lowest BCUT2D eigenvalue weighted by Crippen LogP contribution is -2.31. The van der Waals surface area contributed by atoms with Gasteiger partial charge in [-0.1, -0.05) is 0 Å². The zero-order chi connectivity index (χ0) is 25.8. The van der Waals surface area contributed by atoms with E-state index in [2.05, 4.69) is 35.9 Å². The van der Waals surface area contributed by atoms with Crippen LogP contribution in [0.4, 0.5) is 23.0 Å². The van der Waals surface area contributed by atoms with Crippen molar-refractivity contribution < 1.29 is 13.7 Å². The number of hydrogen-bond acceptors (Lipinski definition) is 9. The molecule has 0 saturated heterocycles. The quantitative estimate of drug-likeness (QED) is 0.528. The average molecular weight is 452 g/mol. The molecule has 0 spiro atoms. The van der Waals surface area contributed by atoms with Gasteiger partial charge in [-0.2, -0.15) is 5.10 Å². The van der Waals surface area contributed by atoms with E-state index in [0.717, 1.165) is 24.4 Å². The zero-order valence-corrected chi connectivity index (χ0v) is 18.2. The van der Waals surface area contributed by atoms with Crippen LogP contribution in [0, 0.1) is 12.8 Å². The highest BCUT2D eigenvalue weighted by atomic mass is 16.2. The summed E-state index contributed by atoms with van der Waals surface area (Å²) in [5.41, 5.74) is 1.27. The first-order valence-corrected chi connectivity index (χ1v) is 10.5. The monoisotopic (exact) mass is 451 g/mol. The molecule has 0 aromatic carbocycles. The molecule has 3 N–H and O–H groups in total. The van der Waals surface area contributed by atoms with Gasteiger partial charge in [-0.25, -0.2) is 14.6 Å². The van der Waals surface area contributed by atoms with Crippen molar-refractivity contribution in [3.63, 3.8) is 0 Å². The molecule has 5 rings (SSSR count). The summed E-state index contributed by atoms with van der Waals surface area (Å²) in [6.45, 7) is 1.07. The van der Waals surface area contributed by atoms with Gasteiger partial charge in [-0.15, -0.1) is 10.2 Å². The van der Waals surface area contributed by atoms with Gasteiger partial charge in [-0.05, 0) is 32.8 Å². The summed E-state index contributed by atoms with van der Waals surface area (Å²) >= 11 is 0. The Balaban J connectivity index is 1.56. The Morgan fingerprint density at radius 3 is 2.85 bits per heavy atom. The zero-order valence-electron chi connectivity index (χ0n) is 21.2. The second kappa shape index (κ2) is 7.80. The molecule has 4 heterocycles. The molecule has 12 heteroatoms. The SMILES string of the molecule is [2H]C([2H])([2H])NC(=O)c1nnc(NC(=O)C2CC2)cc1Nc1nccc2c1N(C)[C@@H](C)c1nc(C)nn1-2. The van der Waals surface area contributed by atoms with Crippen LogP contribution in [0.5, 0.6) is 0 Å². The van der Waals surface area contributed by atoms with E-state index in [1.54, 1.807) is 16.9 Å². The minimum atomic E-state index is -2.73. The predicted octanol–water partition coefficient (Wildman–Crippen LogP) is 1.72. The van der Waals surface area contributed by atoms with Gasteiger partial charge < -0.3 is 20.9 Å². The molecule has 1 saturated carbocycles. The standard InChI is InChI=1S/C21H24N10O2/c1-10-19-24-11(2)29-31(19)14-7-8-23-18(17(14)30(10)4)25-13-9-15(26-20(32)12-5-6-12)27-28-16(13)21(33)22-3/h7-10,12H,5-6H2,1-4H3,(H,22,33)(H2,23,25,26,27,32)/t10-/m0/s1/i3D3. The molecular formula is C21H24N10O2. The molecule has 1 aliphatic heterocycles. The van der Waals surface area contributed by atoms with E-state index in [0.29, 0.717) is 17.3 Å². The number of rotatable bonds is 5. The van der Waals surface area contributed by atoms with Gasteiger partial charge in [0.2, 0.25) is 5.91 Å². The largest absolute Gasteiger partial charge is 0.360 e. The first kappa shape index (κ1) is 17.5. The number of pyridine rings is 1. The molecule has 0 bridgehead atoms. The lowest BCUT2D eigenvalue weighted by Gasteiger charge is -2.34. The second-order valence-electron chi connectivity index (χ2n) is 8.08. The molecule has 1 fully saturated rings. The van der Waals surface area contributed by atoms with Crippen molar-refractivity contribution in [2.24, 2.45) is 5.92 Å². The van der Waals surface area contributed by atoms with Crippen molar-refractivity contribution >= 4 is 34.8 Å². The molecule has 12 nitrogen and oxygen atoms in total. The predicted molar refractivity (Wildman–Crippen MR) is 121 cm³/mol. The van der Waals surface area contributed by atoms with Crippen LogP contribution in [-0.2, 0) is 4.79 Å². The summed E-state index contributed by atoms with van der Waals surface area (Å²) in [6, 6.07) is 3.10. The fourth-order valence-corrected chi connectivity index (χ4v) is 3.78. The highest BCUT2D eigenvalue weighted by Crippen LogP contribution is 2.41. The fourth-order valence-electron chi connectivity index (χ4n) is 3.78. The van der Waals surface area contributed by atoms with E-state index in [9.17, 15) is 9.59 Å². The van der Waals surface area contributed by atoms with Crippen molar-refractivity contribution in [2.45, 2.75) is 32.7 Å². The van der Waals surface area contributed by atoms with Crippen LogP contribution in [-0.4, -0.2) is 55.8 Å². The number of nitrogens with zero attached hydrogens (tertiary/aromatic N) is 7. The third-order valence-electron chi connectivity index (χ3n) is 5.75. The van der Waals surface area contributed by atoms with E-state index in [-0.39, 0.29) is 35.1 Å². The number of aryl methyl sites for hydroxylation is 1. The maximum Gasteiger partial charge on any atom is 0.273 e. The van der Waals surface area contributed by atoms with E-state index >= 15 is 0 Å². The minimum Gasteiger partial charge on any atom is -0.360 e. The smallest absolute Gasteiger partial charge is 0.273 e. The number of aromatic nitrogens is 6. The second-order valence-corrected chi connectivity index (χ2v) is 8.08. The van der Waals surface area contributed by atoms with Crippen LogP contribution in [0.25, 0.3) is 5.69 Å². The third-order valence-corrected chi connectivity index (χ3v) is 5.75. The Morgan fingerprint density at radius 2 is 2.09 bits per heavy atom. The number of anilines is 4. The average Bonchev–Trinajstić information content (AvgIpc) is 3.58. The Bertz CT molecular complexity index is 1370. The first-order chi connectivity index (χ1) is 17.0. The van der Waals surface area contributed by atoms with Gasteiger partial charge in [0, 0.05) is 36.3 Å². The number of hydrogen-bond donors (Lipinski definition) is 3. The summed E-state index contributed by atoms with van der Waals surface area (Å²) in [7, 11) is 1.89. The molecule has 0 radical (unpaired) electrons. The number of amides is 2. The Morgan fingerprint density at radius 1 is 1.27 bits per heavy atom. The van der Waals surface area contributed by atoms with Crippen molar-refractivity contribution in [3.05, 3.63) is 35.7 Å². The molecule has 170 valence electrons. The van der Waals surface area contributed by atoms with Crippen LogP contribution in [0.3, 0.4) is 0 Å². The topological polar surface area (TPSA) is 143 Å². The Hall–Kier alpha value is -4.09. The number of carbonyl (C=O) groups is 2. The lowest BCUT2D eigenvalue weighted by atomic mass is 10.1. The number of fused-ring (bicyclic) bond motifs is 3. The highest BCUT2D eigenvalue weighted by molar-refractivity contribution is 6.00. The maximum atomic E-state index is 12.7. The summed E-state index contributed by atoms with van der Waals surface area (Å²) in [6.07, 6.45) is 3.19. The van der Waals surface area contributed by atoms with Gasteiger partial charge in [0.15, 0.2) is 23.2 Å². The molecule has 3 aromatic rings. The van der Waals surface area contributed by atoms with Gasteiger partial charge in [-0.3, -0.25) is 9.59 Å². The van der Waals surface area contributed by atoms with E-state index in [4.69, 9.17) is 4.11 Å². The molecule has 2 amide bonds. The minimum absolute atomic E-state index is 0.0694. The first-order valence-electron chi connectivity index (χ1n) is 12.0. The van der Waals surface area contributed by atoms with Crippen LogP contribution < -0.4 is 20.9 Å². The van der Waals surface area contributed by atoms with Crippen LogP contribution >= 0.6 is 0 Å². The van der Waals surface area contributed by atoms with Gasteiger partial charge in [0.25, 0.3) is 5.91 Å². The van der Waals surface area contributed by atoms with Crippen LogP contribution in [0.15, 0.2) is 18.3 Å². The lowest BCUT2D eigenvalue weighted by molar-refractivity contribution is -0.117. The van der Waals surface area contributed by atoms with Crippen LogP contribution in [0.1, 0.15) is 52.1 Å². The van der Waals surface area contributed by atoms with Crippen molar-refractivity contribution in [3.8, 4) is 5.69 Å². The van der Waals surface area contributed by atoms with Crippen LogP contribution in [0.2, 0.25) is 0 Å². The molecule has 2 aliphatic rings. The van der Waals surface area contributed by atoms with E-state index in [1.165, 1.54) is 6.07 Å². The van der Waals surface area contributed by atoms with Crippen molar-refractivity contribution in [2.75, 3.05) is 29.6 Å². The fraction of sp³-hybridized carbons (Fsp3) is 0.381. The van der Waals surface area contributed by atoms with Gasteiger partial charge in [0.1, 0.15) is 11.5 Å². The van der Waals surface area contributed by atoms with E-state index in [1.807, 2.05) is 31.1 Å². The summed E-state index contributed by atoms with van der Waals surface area (Å²) in [5, 5.41) is 20.0. The number of nitrogens with one attached hydrogen (secondary N) is 3. The van der Waals surface area contributed by atoms with Crippen molar-refractivity contribution in [1.82, 2.24) is 35.3 Å². The van der Waals surface area contributed by atoms with Gasteiger partial charge in [0.05, 0.1) is 17.4 Å². The highest BCUT2D eigenvalue weighted by Gasteiger charge is 2.32. The Labute approximate surface area is 194 Å². The molecule has 33 heavy (non-hydrogen) atoms. The summed E-state index contributed by atoms with van der Waals surface area (Å²) in [5.74, 6) is 0.686. The summed E-state index contributed by atoms with van der Waals surface area (Å²) < 4.78 is 23.9. The molecule has 1 atom stereocenters. The van der Waals surface area contributed by atoms with Gasteiger partial charge >= 0.3 is 0 Å².